The Labute approximate surface area is 143 Å². The second kappa shape index (κ2) is 6.98. The highest BCUT2D eigenvalue weighted by Crippen LogP contribution is 2.29. The van der Waals surface area contributed by atoms with Crippen molar-refractivity contribution in [3.05, 3.63) is 35.0 Å². The lowest BCUT2D eigenvalue weighted by Gasteiger charge is -2.14. The molecule has 1 aromatic heterocycles. The molecule has 2 aromatic rings. The van der Waals surface area contributed by atoms with Gasteiger partial charge in [0.25, 0.3) is 5.91 Å². The van der Waals surface area contributed by atoms with Gasteiger partial charge in [0.05, 0.1) is 0 Å². The van der Waals surface area contributed by atoms with Crippen LogP contribution in [0.15, 0.2) is 18.2 Å². The summed E-state index contributed by atoms with van der Waals surface area (Å²) in [5, 5.41) is 4.33. The summed E-state index contributed by atoms with van der Waals surface area (Å²) in [6, 6.07) is 6.08. The molecule has 0 saturated carbocycles. The molecule has 1 saturated heterocycles. The van der Waals surface area contributed by atoms with Gasteiger partial charge in [0.15, 0.2) is 0 Å². The normalized spacial score (nSPS) is 18.0. The standard InChI is InChI=1S/C20H27N3O/c24-20(21-10-5-13-23-11-3-4-12-23)15-8-9-19-17(14-15)16-6-1-2-7-18(16)22-19/h8-9,14,22H,1-7,10-13H2,(H,21,24). The van der Waals surface area contributed by atoms with Gasteiger partial charge in [0.1, 0.15) is 0 Å². The number of carbonyl (C=O) groups excluding carboxylic acids is 1. The predicted octanol–water partition coefficient (Wildman–Crippen LogP) is 3.26. The number of hydrogen-bond acceptors (Lipinski definition) is 2. The number of hydrogen-bond donors (Lipinski definition) is 2. The van der Waals surface area contributed by atoms with Crippen molar-refractivity contribution < 1.29 is 4.79 Å². The fourth-order valence-electron chi connectivity index (χ4n) is 4.16. The van der Waals surface area contributed by atoms with Crippen molar-refractivity contribution in [2.75, 3.05) is 26.2 Å². The largest absolute Gasteiger partial charge is 0.358 e. The Morgan fingerprint density at radius 3 is 2.83 bits per heavy atom. The van der Waals surface area contributed by atoms with E-state index < -0.39 is 0 Å². The lowest BCUT2D eigenvalue weighted by Crippen LogP contribution is -2.28. The number of likely N-dealkylation sites (tertiary alicyclic amines) is 1. The van der Waals surface area contributed by atoms with Crippen LogP contribution in [0.4, 0.5) is 0 Å². The number of nitrogens with one attached hydrogen (secondary N) is 2. The van der Waals surface area contributed by atoms with Gasteiger partial charge in [0, 0.05) is 28.7 Å². The Bertz CT molecular complexity index is 728. The van der Waals surface area contributed by atoms with E-state index in [2.05, 4.69) is 27.3 Å². The first-order valence-corrected chi connectivity index (χ1v) is 9.45. The van der Waals surface area contributed by atoms with E-state index >= 15 is 0 Å². The molecule has 1 aliphatic heterocycles. The highest BCUT2D eigenvalue weighted by Gasteiger charge is 2.17. The summed E-state index contributed by atoms with van der Waals surface area (Å²) in [5.74, 6) is 0.0593. The number of nitrogens with zero attached hydrogens (tertiary/aromatic N) is 1. The highest BCUT2D eigenvalue weighted by molar-refractivity contribution is 5.99. The molecule has 2 N–H and O–H groups in total. The van der Waals surface area contributed by atoms with Crippen molar-refractivity contribution in [1.29, 1.82) is 0 Å². The molecule has 0 spiro atoms. The lowest BCUT2D eigenvalue weighted by atomic mass is 9.95. The summed E-state index contributed by atoms with van der Waals surface area (Å²) in [7, 11) is 0. The van der Waals surface area contributed by atoms with Crippen LogP contribution in [0.5, 0.6) is 0 Å². The van der Waals surface area contributed by atoms with Crippen LogP contribution in [-0.4, -0.2) is 42.0 Å². The minimum atomic E-state index is 0.0593. The van der Waals surface area contributed by atoms with Gasteiger partial charge in [-0.15, -0.1) is 0 Å². The van der Waals surface area contributed by atoms with E-state index in [1.807, 2.05) is 6.07 Å². The first kappa shape index (κ1) is 15.7. The lowest BCUT2D eigenvalue weighted by molar-refractivity contribution is 0.0952. The molecule has 1 aliphatic carbocycles. The average molecular weight is 325 g/mol. The molecule has 0 unspecified atom stereocenters. The number of rotatable bonds is 5. The molecule has 2 aliphatic rings. The van der Waals surface area contributed by atoms with Crippen molar-refractivity contribution in [3.8, 4) is 0 Å². The molecule has 4 heteroatoms. The second-order valence-electron chi connectivity index (χ2n) is 7.21. The zero-order valence-electron chi connectivity index (χ0n) is 14.4. The average Bonchev–Trinajstić information content (AvgIpc) is 3.25. The molecule has 1 amide bonds. The summed E-state index contributed by atoms with van der Waals surface area (Å²) in [4.78, 5) is 18.5. The maximum absolute atomic E-state index is 12.4. The smallest absolute Gasteiger partial charge is 0.251 e. The topological polar surface area (TPSA) is 48.1 Å². The van der Waals surface area contributed by atoms with Crippen molar-refractivity contribution in [2.24, 2.45) is 0 Å². The zero-order valence-corrected chi connectivity index (χ0v) is 14.4. The van der Waals surface area contributed by atoms with Gasteiger partial charge in [-0.3, -0.25) is 4.79 Å². The number of carbonyl (C=O) groups is 1. The third kappa shape index (κ3) is 3.20. The van der Waals surface area contributed by atoms with Crippen molar-refractivity contribution in [1.82, 2.24) is 15.2 Å². The molecule has 1 fully saturated rings. The van der Waals surface area contributed by atoms with E-state index in [1.54, 1.807) is 0 Å². The summed E-state index contributed by atoms with van der Waals surface area (Å²) < 4.78 is 0. The van der Waals surface area contributed by atoms with Gasteiger partial charge >= 0.3 is 0 Å². The Balaban J connectivity index is 1.38. The molecular weight excluding hydrogens is 298 g/mol. The highest BCUT2D eigenvalue weighted by atomic mass is 16.1. The van der Waals surface area contributed by atoms with Crippen molar-refractivity contribution >= 4 is 16.8 Å². The number of aryl methyl sites for hydroxylation is 2. The molecular formula is C20H27N3O. The van der Waals surface area contributed by atoms with Crippen LogP contribution < -0.4 is 5.32 Å². The van der Waals surface area contributed by atoms with E-state index in [4.69, 9.17) is 0 Å². The molecule has 2 heterocycles. The molecule has 1 aromatic carbocycles. The number of amides is 1. The number of fused-ring (bicyclic) bond motifs is 3. The van der Waals surface area contributed by atoms with Crippen LogP contribution >= 0.6 is 0 Å². The summed E-state index contributed by atoms with van der Waals surface area (Å²) in [6.07, 6.45) is 8.49. The summed E-state index contributed by atoms with van der Waals surface area (Å²) in [5.41, 5.74) is 4.77. The second-order valence-corrected chi connectivity index (χ2v) is 7.21. The van der Waals surface area contributed by atoms with Gasteiger partial charge in [-0.1, -0.05) is 0 Å². The number of aromatic amines is 1. The molecule has 128 valence electrons. The Morgan fingerprint density at radius 1 is 1.12 bits per heavy atom. The van der Waals surface area contributed by atoms with Crippen LogP contribution in [0.25, 0.3) is 10.9 Å². The van der Waals surface area contributed by atoms with E-state index in [0.29, 0.717) is 0 Å². The maximum atomic E-state index is 12.4. The SMILES string of the molecule is O=C(NCCCN1CCCC1)c1ccc2[nH]c3c(c2c1)CCCC3. The monoisotopic (exact) mass is 325 g/mol. The van der Waals surface area contributed by atoms with Crippen LogP contribution in [0.2, 0.25) is 0 Å². The van der Waals surface area contributed by atoms with Crippen molar-refractivity contribution in [3.63, 3.8) is 0 Å². The van der Waals surface area contributed by atoms with Gasteiger partial charge < -0.3 is 15.2 Å². The van der Waals surface area contributed by atoms with E-state index in [-0.39, 0.29) is 5.91 Å². The molecule has 4 rings (SSSR count). The van der Waals surface area contributed by atoms with Crippen LogP contribution in [0.1, 0.15) is 53.7 Å². The third-order valence-electron chi connectivity index (χ3n) is 5.50. The quantitative estimate of drug-likeness (QED) is 0.829. The Hall–Kier alpha value is -1.81. The van der Waals surface area contributed by atoms with Crippen molar-refractivity contribution in [2.45, 2.75) is 44.9 Å². The fraction of sp³-hybridized carbons (Fsp3) is 0.550. The van der Waals surface area contributed by atoms with Gasteiger partial charge in [-0.25, -0.2) is 0 Å². The number of H-pyrrole nitrogens is 1. The summed E-state index contributed by atoms with van der Waals surface area (Å²) >= 11 is 0. The molecule has 4 nitrogen and oxygen atoms in total. The molecule has 0 radical (unpaired) electrons. The number of benzene rings is 1. The van der Waals surface area contributed by atoms with Crippen LogP contribution in [0.3, 0.4) is 0 Å². The van der Waals surface area contributed by atoms with Gasteiger partial charge in [-0.05, 0) is 88.3 Å². The molecule has 0 atom stereocenters. The van der Waals surface area contributed by atoms with E-state index in [0.717, 1.165) is 37.9 Å². The number of aromatic nitrogens is 1. The zero-order chi connectivity index (χ0) is 16.4. The maximum Gasteiger partial charge on any atom is 0.251 e. The van der Waals surface area contributed by atoms with Gasteiger partial charge in [-0.2, -0.15) is 0 Å². The minimum Gasteiger partial charge on any atom is -0.358 e. The predicted molar refractivity (Wildman–Crippen MR) is 97.6 cm³/mol. The molecule has 0 bridgehead atoms. The van der Waals surface area contributed by atoms with E-state index in [9.17, 15) is 4.79 Å². The van der Waals surface area contributed by atoms with Crippen LogP contribution in [-0.2, 0) is 12.8 Å². The first-order chi connectivity index (χ1) is 11.8. The van der Waals surface area contributed by atoms with Gasteiger partial charge in [0.2, 0.25) is 0 Å². The van der Waals surface area contributed by atoms with E-state index in [1.165, 1.54) is 60.9 Å². The summed E-state index contributed by atoms with van der Waals surface area (Å²) in [6.45, 7) is 4.32. The Kier molecular flexibility index (Phi) is 4.56. The molecule has 24 heavy (non-hydrogen) atoms. The Morgan fingerprint density at radius 2 is 1.96 bits per heavy atom. The third-order valence-corrected chi connectivity index (χ3v) is 5.50. The minimum absolute atomic E-state index is 0.0593. The fourth-order valence-corrected chi connectivity index (χ4v) is 4.16. The first-order valence-electron chi connectivity index (χ1n) is 9.45. The van der Waals surface area contributed by atoms with Crippen LogP contribution in [0, 0.1) is 0 Å².